The number of anilines is 1. The molecule has 2 aromatic heterocycles. The van der Waals surface area contributed by atoms with Gasteiger partial charge in [-0.2, -0.15) is 4.98 Å². The van der Waals surface area contributed by atoms with E-state index in [1.54, 1.807) is 24.8 Å². The van der Waals surface area contributed by atoms with Gasteiger partial charge in [0.25, 0.3) is 5.91 Å². The van der Waals surface area contributed by atoms with Crippen LogP contribution in [-0.2, 0) is 11.2 Å². The molecule has 0 bridgehead atoms. The van der Waals surface area contributed by atoms with Crippen LogP contribution in [-0.4, -0.2) is 47.0 Å². The number of hydrogen-bond acceptors (Lipinski definition) is 8. The van der Waals surface area contributed by atoms with E-state index in [1.165, 1.54) is 11.3 Å². The van der Waals surface area contributed by atoms with Gasteiger partial charge in [0.15, 0.2) is 0 Å². The second-order valence-electron chi connectivity index (χ2n) is 6.73. The molecule has 0 aliphatic carbocycles. The van der Waals surface area contributed by atoms with Crippen LogP contribution < -0.4 is 14.8 Å². The van der Waals surface area contributed by atoms with Gasteiger partial charge >= 0.3 is 0 Å². The summed E-state index contributed by atoms with van der Waals surface area (Å²) >= 11 is 1.23. The summed E-state index contributed by atoms with van der Waals surface area (Å²) in [5, 5.41) is 10.7. The van der Waals surface area contributed by atoms with E-state index in [2.05, 4.69) is 20.5 Å². The average molecular weight is 429 g/mol. The molecule has 9 heteroatoms. The van der Waals surface area contributed by atoms with Gasteiger partial charge in [-0.3, -0.25) is 10.1 Å². The molecule has 0 aliphatic rings. The zero-order valence-electron chi connectivity index (χ0n) is 17.1. The van der Waals surface area contributed by atoms with Gasteiger partial charge in [-0.1, -0.05) is 41.7 Å². The average Bonchev–Trinajstić information content (AvgIpc) is 3.21. The van der Waals surface area contributed by atoms with Gasteiger partial charge in [0, 0.05) is 25.7 Å². The number of nitrogens with one attached hydrogen (secondary N) is 1. The molecule has 1 aromatic carbocycles. The zero-order chi connectivity index (χ0) is 21.3. The van der Waals surface area contributed by atoms with Crippen LogP contribution >= 0.6 is 11.3 Å². The third-order valence-electron chi connectivity index (χ3n) is 4.03. The lowest BCUT2D eigenvalue weighted by Gasteiger charge is -2.17. The SMILES string of the molecule is COCC(C)Oc1cc(C(=O)Nc2nncs2)cc(OC(C)Cc2ccccc2)n1. The number of benzene rings is 1. The fraction of sp³-hybridized carbons (Fsp3) is 0.333. The van der Waals surface area contributed by atoms with Gasteiger partial charge in [-0.05, 0) is 19.4 Å². The molecule has 1 N–H and O–H groups in total. The minimum Gasteiger partial charge on any atom is -0.474 e. The second-order valence-corrected chi connectivity index (χ2v) is 7.57. The Balaban J connectivity index is 1.78. The maximum Gasteiger partial charge on any atom is 0.257 e. The van der Waals surface area contributed by atoms with E-state index in [0.717, 1.165) is 5.56 Å². The number of ether oxygens (including phenoxy) is 3. The van der Waals surface area contributed by atoms with Crippen molar-refractivity contribution in [2.75, 3.05) is 19.0 Å². The zero-order valence-corrected chi connectivity index (χ0v) is 17.9. The van der Waals surface area contributed by atoms with Crippen molar-refractivity contribution in [1.29, 1.82) is 0 Å². The van der Waals surface area contributed by atoms with Gasteiger partial charge in [-0.25, -0.2) is 0 Å². The van der Waals surface area contributed by atoms with Crippen LogP contribution in [0.15, 0.2) is 48.0 Å². The van der Waals surface area contributed by atoms with Crippen molar-refractivity contribution >= 4 is 22.4 Å². The standard InChI is InChI=1S/C21H24N4O4S/c1-14(9-16-7-5-4-6-8-16)28-18-10-17(20(26)24-21-25-22-13-30-21)11-19(23-18)29-15(2)12-27-3/h4-8,10-11,13-15H,9,12H2,1-3H3,(H,24,25,26). The Hall–Kier alpha value is -3.04. The number of amides is 1. The Labute approximate surface area is 179 Å². The van der Waals surface area contributed by atoms with Crippen molar-refractivity contribution in [2.45, 2.75) is 32.5 Å². The van der Waals surface area contributed by atoms with Gasteiger partial charge < -0.3 is 14.2 Å². The Morgan fingerprint density at radius 2 is 1.80 bits per heavy atom. The molecular weight excluding hydrogens is 404 g/mol. The van der Waals surface area contributed by atoms with Gasteiger partial charge in [-0.15, -0.1) is 10.2 Å². The number of carbonyl (C=O) groups is 1. The molecular formula is C21H24N4O4S. The molecule has 30 heavy (non-hydrogen) atoms. The number of nitrogens with zero attached hydrogens (tertiary/aromatic N) is 3. The van der Waals surface area contributed by atoms with Crippen LogP contribution in [0.25, 0.3) is 0 Å². The summed E-state index contributed by atoms with van der Waals surface area (Å²) in [6.07, 6.45) is 0.323. The van der Waals surface area contributed by atoms with Crippen molar-refractivity contribution in [2.24, 2.45) is 0 Å². The molecule has 0 aliphatic heterocycles. The first-order valence-electron chi connectivity index (χ1n) is 9.49. The van der Waals surface area contributed by atoms with E-state index < -0.39 is 0 Å². The van der Waals surface area contributed by atoms with Crippen LogP contribution in [0.4, 0.5) is 5.13 Å². The first-order valence-corrected chi connectivity index (χ1v) is 10.4. The predicted octanol–water partition coefficient (Wildman–Crippen LogP) is 3.61. The highest BCUT2D eigenvalue weighted by molar-refractivity contribution is 7.13. The summed E-state index contributed by atoms with van der Waals surface area (Å²) in [6, 6.07) is 13.2. The maximum absolute atomic E-state index is 12.7. The second kappa shape index (κ2) is 10.7. The van der Waals surface area contributed by atoms with E-state index in [9.17, 15) is 4.79 Å². The Morgan fingerprint density at radius 1 is 1.10 bits per heavy atom. The Morgan fingerprint density at radius 3 is 2.43 bits per heavy atom. The van der Waals surface area contributed by atoms with Crippen molar-refractivity contribution < 1.29 is 19.0 Å². The van der Waals surface area contributed by atoms with E-state index in [1.807, 2.05) is 44.2 Å². The first-order chi connectivity index (χ1) is 14.5. The maximum atomic E-state index is 12.7. The Kier molecular flexibility index (Phi) is 7.69. The molecule has 2 heterocycles. The third kappa shape index (κ3) is 6.50. The number of pyridine rings is 1. The summed E-state index contributed by atoms with van der Waals surface area (Å²) in [4.78, 5) is 17.1. The predicted molar refractivity (Wildman–Crippen MR) is 114 cm³/mol. The molecule has 158 valence electrons. The highest BCUT2D eigenvalue weighted by Crippen LogP contribution is 2.22. The van der Waals surface area contributed by atoms with E-state index in [0.29, 0.717) is 29.6 Å². The number of aromatic nitrogens is 3. The number of hydrogen-bond donors (Lipinski definition) is 1. The molecule has 0 spiro atoms. The highest BCUT2D eigenvalue weighted by Gasteiger charge is 2.16. The summed E-state index contributed by atoms with van der Waals surface area (Å²) in [6.45, 7) is 4.21. The first kappa shape index (κ1) is 21.7. The summed E-state index contributed by atoms with van der Waals surface area (Å²) in [7, 11) is 1.60. The molecule has 1 amide bonds. The van der Waals surface area contributed by atoms with Gasteiger partial charge in [0.2, 0.25) is 16.9 Å². The van der Waals surface area contributed by atoms with Crippen LogP contribution in [0, 0.1) is 0 Å². The summed E-state index contributed by atoms with van der Waals surface area (Å²) in [5.74, 6) is 0.244. The lowest BCUT2D eigenvalue weighted by molar-refractivity contribution is 0.0875. The molecule has 3 aromatic rings. The van der Waals surface area contributed by atoms with Crippen molar-refractivity contribution in [3.63, 3.8) is 0 Å². The normalized spacial score (nSPS) is 12.8. The van der Waals surface area contributed by atoms with Crippen molar-refractivity contribution in [3.8, 4) is 11.8 Å². The number of carbonyl (C=O) groups excluding carboxylic acids is 1. The van der Waals surface area contributed by atoms with E-state index in [4.69, 9.17) is 14.2 Å². The van der Waals surface area contributed by atoms with Gasteiger partial charge in [0.05, 0.1) is 12.2 Å². The molecule has 2 atom stereocenters. The number of methoxy groups -OCH3 is 1. The fourth-order valence-corrected chi connectivity index (χ4v) is 3.24. The topological polar surface area (TPSA) is 95.5 Å². The van der Waals surface area contributed by atoms with Crippen LogP contribution in [0.2, 0.25) is 0 Å². The molecule has 8 nitrogen and oxygen atoms in total. The smallest absolute Gasteiger partial charge is 0.257 e. The van der Waals surface area contributed by atoms with Crippen LogP contribution in [0.3, 0.4) is 0 Å². The van der Waals surface area contributed by atoms with E-state index in [-0.39, 0.29) is 24.0 Å². The third-order valence-corrected chi connectivity index (χ3v) is 4.64. The largest absolute Gasteiger partial charge is 0.474 e. The van der Waals surface area contributed by atoms with Crippen molar-refractivity contribution in [3.05, 3.63) is 59.1 Å². The lowest BCUT2D eigenvalue weighted by atomic mass is 10.1. The molecule has 0 saturated carbocycles. The number of rotatable bonds is 10. The molecule has 2 unspecified atom stereocenters. The summed E-state index contributed by atoms with van der Waals surface area (Å²) in [5.41, 5.74) is 3.05. The fourth-order valence-electron chi connectivity index (χ4n) is 2.80. The Bertz CT molecular complexity index is 937. The summed E-state index contributed by atoms with van der Waals surface area (Å²) < 4.78 is 16.9. The molecule has 0 radical (unpaired) electrons. The van der Waals surface area contributed by atoms with E-state index >= 15 is 0 Å². The lowest BCUT2D eigenvalue weighted by Crippen LogP contribution is -2.21. The van der Waals surface area contributed by atoms with Crippen LogP contribution in [0.1, 0.15) is 29.8 Å². The minimum atomic E-state index is -0.348. The van der Waals surface area contributed by atoms with Crippen LogP contribution in [0.5, 0.6) is 11.8 Å². The van der Waals surface area contributed by atoms with Gasteiger partial charge in [0.1, 0.15) is 17.7 Å². The monoisotopic (exact) mass is 428 g/mol. The highest BCUT2D eigenvalue weighted by atomic mass is 32.1. The minimum absolute atomic E-state index is 0.148. The molecule has 3 rings (SSSR count). The quantitative estimate of drug-likeness (QED) is 0.527. The molecule has 0 saturated heterocycles. The molecule has 0 fully saturated rings. The van der Waals surface area contributed by atoms with Crippen molar-refractivity contribution in [1.82, 2.24) is 15.2 Å².